The van der Waals surface area contributed by atoms with Gasteiger partial charge in [-0.15, -0.1) is 24.9 Å². The number of carbonyl (C=O) groups excluding carboxylic acids is 3. The van der Waals surface area contributed by atoms with Gasteiger partial charge in [-0.3, -0.25) is 14.4 Å². The molecule has 0 aliphatic carbocycles. The van der Waals surface area contributed by atoms with Crippen LogP contribution < -0.4 is 0 Å². The van der Waals surface area contributed by atoms with Crippen molar-refractivity contribution < 1.29 is 19.5 Å². The molecular weight excluding hydrogens is 566 g/mol. The van der Waals surface area contributed by atoms with Gasteiger partial charge < -0.3 is 19.8 Å². The maximum absolute atomic E-state index is 14.5. The molecule has 3 amide bonds. The second-order valence-electron chi connectivity index (χ2n) is 10.5. The third kappa shape index (κ3) is 4.75. The Labute approximate surface area is 238 Å². The number of aliphatic hydroxyl groups is 1. The van der Waals surface area contributed by atoms with Crippen molar-refractivity contribution in [1.29, 1.82) is 0 Å². The number of benzene rings is 1. The van der Waals surface area contributed by atoms with Crippen LogP contribution in [0.3, 0.4) is 0 Å². The van der Waals surface area contributed by atoms with Crippen molar-refractivity contribution >= 4 is 45.4 Å². The Balaban J connectivity index is 1.84. The number of likely N-dealkylation sites (tertiary alicyclic amines) is 1. The third-order valence-electron chi connectivity index (χ3n) is 8.16. The van der Waals surface area contributed by atoms with E-state index < -0.39 is 28.7 Å². The Kier molecular flexibility index (Phi) is 9.10. The molecule has 3 aliphatic rings. The molecule has 9 heteroatoms. The van der Waals surface area contributed by atoms with Crippen LogP contribution in [-0.2, 0) is 14.4 Å². The summed E-state index contributed by atoms with van der Waals surface area (Å²) in [4.78, 5) is 47.7. The van der Waals surface area contributed by atoms with Gasteiger partial charge in [0.05, 0.1) is 29.2 Å². The number of carbonyl (C=O) groups is 3. The van der Waals surface area contributed by atoms with E-state index >= 15 is 0 Å². The molecule has 38 heavy (non-hydrogen) atoms. The molecule has 1 N–H and O–H groups in total. The zero-order valence-corrected chi connectivity index (χ0v) is 24.6. The molecule has 4 rings (SSSR count). The summed E-state index contributed by atoms with van der Waals surface area (Å²) in [5, 5.41) is 10.5. The van der Waals surface area contributed by atoms with Crippen molar-refractivity contribution in [3.63, 3.8) is 0 Å². The van der Waals surface area contributed by atoms with E-state index in [-0.39, 0.29) is 34.4 Å². The second kappa shape index (κ2) is 12.0. The van der Waals surface area contributed by atoms with E-state index in [4.69, 9.17) is 0 Å². The highest BCUT2D eigenvalue weighted by Crippen LogP contribution is 2.68. The first kappa shape index (κ1) is 28.9. The minimum Gasteiger partial charge on any atom is -0.394 e. The van der Waals surface area contributed by atoms with Crippen LogP contribution in [0.1, 0.15) is 37.8 Å². The van der Waals surface area contributed by atoms with Crippen molar-refractivity contribution in [3.05, 3.63) is 61.2 Å². The molecule has 0 aromatic heterocycles. The quantitative estimate of drug-likeness (QED) is 0.291. The second-order valence-corrected chi connectivity index (χ2v) is 13.2. The molecule has 7 atom stereocenters. The smallest absolute Gasteiger partial charge is 0.247 e. The molecule has 3 unspecified atom stereocenters. The monoisotopic (exact) mass is 603 g/mol. The van der Waals surface area contributed by atoms with Crippen molar-refractivity contribution in [2.24, 2.45) is 11.8 Å². The number of halogens is 1. The van der Waals surface area contributed by atoms with Crippen LogP contribution in [0.5, 0.6) is 0 Å². The first-order valence-electron chi connectivity index (χ1n) is 13.3. The van der Waals surface area contributed by atoms with Gasteiger partial charge in [-0.1, -0.05) is 71.8 Å². The molecule has 2 bridgehead atoms. The van der Waals surface area contributed by atoms with Gasteiger partial charge in [0.2, 0.25) is 17.7 Å². The molecule has 3 heterocycles. The number of aliphatic hydroxyl groups excluding tert-OH is 1. The predicted molar refractivity (Wildman–Crippen MR) is 155 cm³/mol. The number of hydrogen-bond donors (Lipinski definition) is 1. The SMILES string of the molecule is C=CCN(C)C(=O)[C@H]1[C@@H]2SC3(CC2Br)C(C(=O)N(CC=C)CCCC)N([C@H](CO)c2ccccc2)C(=O)[C@H]13. The standard InChI is InChI=1S/C29H38BrN3O4S/c1-5-8-16-32(15-7-3)28(37)25-29-17-20(30)24(38-29)22(26(35)31(4)14-6-2)23(29)27(36)33(25)21(18-34)19-12-10-9-11-13-19/h6-7,9-13,20-25,34H,2-3,5,8,14-18H2,1,4H3/t20?,21-,22-,23+,24-,25?,29?/m1/s1. The average Bonchev–Trinajstić information content (AvgIpc) is 3.50. The molecule has 206 valence electrons. The normalized spacial score (nSPS) is 30.2. The minimum atomic E-state index is -0.799. The molecular formula is C29H38BrN3O4S. The van der Waals surface area contributed by atoms with Gasteiger partial charge in [-0.25, -0.2) is 0 Å². The fourth-order valence-corrected chi connectivity index (χ4v) is 10.1. The van der Waals surface area contributed by atoms with Gasteiger partial charge in [0, 0.05) is 36.8 Å². The van der Waals surface area contributed by atoms with E-state index in [0.29, 0.717) is 26.1 Å². The Hall–Kier alpha value is -2.10. The van der Waals surface area contributed by atoms with Gasteiger partial charge in [0.15, 0.2) is 0 Å². The maximum atomic E-state index is 14.5. The summed E-state index contributed by atoms with van der Waals surface area (Å²) in [6.45, 7) is 10.7. The van der Waals surface area contributed by atoms with Crippen LogP contribution in [0, 0.1) is 11.8 Å². The van der Waals surface area contributed by atoms with Crippen molar-refractivity contribution in [2.75, 3.05) is 33.3 Å². The van der Waals surface area contributed by atoms with Crippen molar-refractivity contribution in [1.82, 2.24) is 14.7 Å². The van der Waals surface area contributed by atoms with Crippen LogP contribution in [0.15, 0.2) is 55.6 Å². The lowest BCUT2D eigenvalue weighted by atomic mass is 9.70. The molecule has 0 radical (unpaired) electrons. The van der Waals surface area contributed by atoms with Gasteiger partial charge in [-0.2, -0.15) is 0 Å². The highest BCUT2D eigenvalue weighted by Gasteiger charge is 2.76. The largest absolute Gasteiger partial charge is 0.394 e. The number of hydrogen-bond acceptors (Lipinski definition) is 5. The zero-order valence-electron chi connectivity index (χ0n) is 22.2. The number of thioether (sulfide) groups is 1. The molecule has 3 saturated heterocycles. The summed E-state index contributed by atoms with van der Waals surface area (Å²) in [5.74, 6) is -1.66. The fourth-order valence-electron chi connectivity index (χ4n) is 6.50. The van der Waals surface area contributed by atoms with Crippen molar-refractivity contribution in [2.45, 2.75) is 53.1 Å². The molecule has 1 spiro atoms. The Morgan fingerprint density at radius 2 is 1.92 bits per heavy atom. The Morgan fingerprint density at radius 1 is 1.24 bits per heavy atom. The number of nitrogens with zero attached hydrogens (tertiary/aromatic N) is 3. The van der Waals surface area contributed by atoms with Gasteiger partial charge in [0.1, 0.15) is 6.04 Å². The fraction of sp³-hybridized carbons (Fsp3) is 0.552. The number of unbranched alkanes of at least 4 members (excludes halogenated alkanes) is 1. The molecule has 3 aliphatic heterocycles. The van der Waals surface area contributed by atoms with Crippen LogP contribution in [0.4, 0.5) is 0 Å². The van der Waals surface area contributed by atoms with Gasteiger partial charge in [-0.05, 0) is 18.4 Å². The Bertz CT molecular complexity index is 1070. The molecule has 0 saturated carbocycles. The number of likely N-dealkylation sites (N-methyl/N-ethyl adjacent to an activating group) is 1. The molecule has 1 aromatic carbocycles. The summed E-state index contributed by atoms with van der Waals surface area (Å²) in [6.07, 6.45) is 5.75. The summed E-state index contributed by atoms with van der Waals surface area (Å²) in [5.41, 5.74) is 0.767. The summed E-state index contributed by atoms with van der Waals surface area (Å²) < 4.78 is -0.768. The topological polar surface area (TPSA) is 81.2 Å². The first-order valence-corrected chi connectivity index (χ1v) is 15.1. The zero-order chi connectivity index (χ0) is 27.6. The van der Waals surface area contributed by atoms with Crippen LogP contribution in [0.2, 0.25) is 0 Å². The van der Waals surface area contributed by atoms with Gasteiger partial charge in [0.25, 0.3) is 0 Å². The molecule has 1 aromatic rings. The van der Waals surface area contributed by atoms with Gasteiger partial charge >= 0.3 is 0 Å². The van der Waals surface area contributed by atoms with Crippen LogP contribution >= 0.6 is 27.7 Å². The molecule has 3 fully saturated rings. The third-order valence-corrected chi connectivity index (χ3v) is 11.4. The van der Waals surface area contributed by atoms with E-state index in [2.05, 4.69) is 36.0 Å². The van der Waals surface area contributed by atoms with Crippen molar-refractivity contribution in [3.8, 4) is 0 Å². The summed E-state index contributed by atoms with van der Waals surface area (Å²) in [6, 6.07) is 7.87. The van der Waals surface area contributed by atoms with E-state index in [1.165, 1.54) is 0 Å². The van der Waals surface area contributed by atoms with E-state index in [1.807, 2.05) is 30.3 Å². The summed E-state index contributed by atoms with van der Waals surface area (Å²) in [7, 11) is 1.73. The van der Waals surface area contributed by atoms with E-state index in [1.54, 1.807) is 45.7 Å². The van der Waals surface area contributed by atoms with E-state index in [9.17, 15) is 19.5 Å². The molecule has 7 nitrogen and oxygen atoms in total. The number of alkyl halides is 1. The Morgan fingerprint density at radius 3 is 2.53 bits per heavy atom. The lowest BCUT2D eigenvalue weighted by Crippen LogP contribution is -2.56. The lowest BCUT2D eigenvalue weighted by molar-refractivity contribution is -0.147. The van der Waals surface area contributed by atoms with Crippen LogP contribution in [-0.4, -0.2) is 91.7 Å². The first-order chi connectivity index (χ1) is 18.3. The highest BCUT2D eigenvalue weighted by atomic mass is 79.9. The average molecular weight is 605 g/mol. The predicted octanol–water partition coefficient (Wildman–Crippen LogP) is 3.64. The number of amides is 3. The summed E-state index contributed by atoms with van der Waals surface area (Å²) >= 11 is 5.43. The highest BCUT2D eigenvalue weighted by molar-refractivity contribution is 9.09. The lowest BCUT2D eigenvalue weighted by Gasteiger charge is -2.40. The number of fused-ring (bicyclic) bond motifs is 1. The van der Waals surface area contributed by atoms with E-state index in [0.717, 1.165) is 18.4 Å². The maximum Gasteiger partial charge on any atom is 0.247 e. The van der Waals surface area contributed by atoms with Crippen LogP contribution in [0.25, 0.3) is 0 Å². The minimum absolute atomic E-state index is 0.00863. The number of rotatable bonds is 12.